The molecule has 4 nitrogen and oxygen atoms in total. The molecule has 5 heteroatoms. The van der Waals surface area contributed by atoms with E-state index in [0.29, 0.717) is 12.2 Å². The lowest BCUT2D eigenvalue weighted by Gasteiger charge is -2.11. The van der Waals surface area contributed by atoms with Crippen molar-refractivity contribution in [2.75, 3.05) is 20.8 Å². The first-order valence-electron chi connectivity index (χ1n) is 5.62. The third-order valence-corrected chi connectivity index (χ3v) is 2.54. The fraction of sp³-hybridized carbons (Fsp3) is 0.462. The van der Waals surface area contributed by atoms with Gasteiger partial charge in [-0.3, -0.25) is 0 Å². The third kappa shape index (κ3) is 4.00. The summed E-state index contributed by atoms with van der Waals surface area (Å²) < 4.78 is 28.1. The van der Waals surface area contributed by atoms with Gasteiger partial charge < -0.3 is 14.2 Å². The lowest BCUT2D eigenvalue weighted by Crippen LogP contribution is -2.13. The molecule has 1 rings (SSSR count). The van der Waals surface area contributed by atoms with Crippen molar-refractivity contribution in [3.63, 3.8) is 0 Å². The highest BCUT2D eigenvalue weighted by atomic mass is 19.1. The summed E-state index contributed by atoms with van der Waals surface area (Å²) in [7, 11) is 3.00. The number of carbonyl (C=O) groups is 1. The SMILES string of the molecule is COc1ccc(F)cc1C(=O)OCC[C@H](C)OC. The van der Waals surface area contributed by atoms with Crippen LogP contribution in [0.1, 0.15) is 23.7 Å². The molecule has 0 spiro atoms. The molecule has 0 fully saturated rings. The molecule has 0 aromatic heterocycles. The zero-order valence-corrected chi connectivity index (χ0v) is 10.7. The number of ether oxygens (including phenoxy) is 3. The molecule has 0 aliphatic heterocycles. The molecule has 0 amide bonds. The number of rotatable bonds is 6. The van der Waals surface area contributed by atoms with Gasteiger partial charge in [0.15, 0.2) is 0 Å². The lowest BCUT2D eigenvalue weighted by molar-refractivity contribution is 0.0387. The summed E-state index contributed by atoms with van der Waals surface area (Å²) in [4.78, 5) is 11.7. The van der Waals surface area contributed by atoms with E-state index in [1.165, 1.54) is 19.2 Å². The van der Waals surface area contributed by atoms with Crippen LogP contribution < -0.4 is 4.74 Å². The molecule has 0 saturated carbocycles. The molecule has 0 bridgehead atoms. The van der Waals surface area contributed by atoms with Gasteiger partial charge in [-0.05, 0) is 25.1 Å². The van der Waals surface area contributed by atoms with E-state index in [2.05, 4.69) is 0 Å². The standard InChI is InChI=1S/C13H17FO4/c1-9(16-2)6-7-18-13(15)11-8-10(14)4-5-12(11)17-3/h4-5,8-9H,6-7H2,1-3H3/t9-/m0/s1. The molecule has 0 aliphatic rings. The van der Waals surface area contributed by atoms with Crippen molar-refractivity contribution in [3.05, 3.63) is 29.6 Å². The van der Waals surface area contributed by atoms with Crippen LogP contribution in [0.5, 0.6) is 5.75 Å². The van der Waals surface area contributed by atoms with E-state index in [-0.39, 0.29) is 18.3 Å². The van der Waals surface area contributed by atoms with Gasteiger partial charge >= 0.3 is 5.97 Å². The van der Waals surface area contributed by atoms with Gasteiger partial charge in [-0.15, -0.1) is 0 Å². The van der Waals surface area contributed by atoms with Crippen LogP contribution in [0.2, 0.25) is 0 Å². The Morgan fingerprint density at radius 2 is 2.11 bits per heavy atom. The Hall–Kier alpha value is -1.62. The zero-order chi connectivity index (χ0) is 13.5. The van der Waals surface area contributed by atoms with Crippen LogP contribution in [-0.4, -0.2) is 32.9 Å². The highest BCUT2D eigenvalue weighted by molar-refractivity contribution is 5.92. The largest absolute Gasteiger partial charge is 0.496 e. The predicted octanol–water partition coefficient (Wildman–Crippen LogP) is 2.42. The molecule has 0 N–H and O–H groups in total. The van der Waals surface area contributed by atoms with Crippen LogP contribution in [0.3, 0.4) is 0 Å². The molecule has 1 aromatic carbocycles. The summed E-state index contributed by atoms with van der Waals surface area (Å²) in [6, 6.07) is 3.72. The van der Waals surface area contributed by atoms with Crippen LogP contribution in [0.25, 0.3) is 0 Å². The molecule has 18 heavy (non-hydrogen) atoms. The Balaban J connectivity index is 2.63. The van der Waals surface area contributed by atoms with Crippen molar-refractivity contribution in [2.24, 2.45) is 0 Å². The Bertz CT molecular complexity index is 406. The number of benzene rings is 1. The zero-order valence-electron chi connectivity index (χ0n) is 10.7. The van der Waals surface area contributed by atoms with Crippen molar-refractivity contribution in [2.45, 2.75) is 19.4 Å². The van der Waals surface area contributed by atoms with E-state index in [4.69, 9.17) is 14.2 Å². The fourth-order valence-electron chi connectivity index (χ4n) is 1.35. The van der Waals surface area contributed by atoms with Gasteiger partial charge in [0.25, 0.3) is 0 Å². The van der Waals surface area contributed by atoms with E-state index in [9.17, 15) is 9.18 Å². The minimum Gasteiger partial charge on any atom is -0.496 e. The fourth-order valence-corrected chi connectivity index (χ4v) is 1.35. The average Bonchev–Trinajstić information content (AvgIpc) is 2.38. The molecular formula is C13H17FO4. The van der Waals surface area contributed by atoms with Crippen molar-refractivity contribution in [1.29, 1.82) is 0 Å². The van der Waals surface area contributed by atoms with Crippen LogP contribution in [0.15, 0.2) is 18.2 Å². The average molecular weight is 256 g/mol. The second-order valence-electron chi connectivity index (χ2n) is 3.82. The quantitative estimate of drug-likeness (QED) is 0.733. The van der Waals surface area contributed by atoms with Crippen molar-refractivity contribution in [1.82, 2.24) is 0 Å². The molecule has 0 heterocycles. The van der Waals surface area contributed by atoms with Crippen molar-refractivity contribution >= 4 is 5.97 Å². The summed E-state index contributed by atoms with van der Waals surface area (Å²) >= 11 is 0. The van der Waals surface area contributed by atoms with Gasteiger partial charge in [0, 0.05) is 13.5 Å². The number of methoxy groups -OCH3 is 2. The molecule has 1 atom stereocenters. The van der Waals surface area contributed by atoms with Crippen LogP contribution in [0, 0.1) is 5.82 Å². The monoisotopic (exact) mass is 256 g/mol. The minimum absolute atomic E-state index is 0.00667. The van der Waals surface area contributed by atoms with Gasteiger partial charge in [-0.25, -0.2) is 9.18 Å². The van der Waals surface area contributed by atoms with Gasteiger partial charge in [0.1, 0.15) is 17.1 Å². The van der Waals surface area contributed by atoms with Gasteiger partial charge in [-0.1, -0.05) is 0 Å². The smallest absolute Gasteiger partial charge is 0.342 e. The minimum atomic E-state index is -0.602. The third-order valence-electron chi connectivity index (χ3n) is 2.54. The molecule has 0 saturated heterocycles. The Kier molecular flexibility index (Phi) is 5.58. The van der Waals surface area contributed by atoms with E-state index in [0.717, 1.165) is 6.07 Å². The summed E-state index contributed by atoms with van der Waals surface area (Å²) in [5, 5.41) is 0. The number of carbonyl (C=O) groups excluding carboxylic acids is 1. The van der Waals surface area contributed by atoms with Crippen LogP contribution in [0.4, 0.5) is 4.39 Å². The highest BCUT2D eigenvalue weighted by Crippen LogP contribution is 2.20. The Morgan fingerprint density at radius 3 is 2.72 bits per heavy atom. The Labute approximate surface area is 106 Å². The normalized spacial score (nSPS) is 12.0. The van der Waals surface area contributed by atoms with E-state index >= 15 is 0 Å². The molecule has 100 valence electrons. The second-order valence-corrected chi connectivity index (χ2v) is 3.82. The number of hydrogen-bond donors (Lipinski definition) is 0. The maximum atomic E-state index is 13.1. The summed E-state index contributed by atoms with van der Waals surface area (Å²) in [6.07, 6.45) is 0.590. The topological polar surface area (TPSA) is 44.8 Å². The summed E-state index contributed by atoms with van der Waals surface area (Å²) in [5.74, 6) is -0.816. The first-order valence-corrected chi connectivity index (χ1v) is 5.62. The van der Waals surface area contributed by atoms with E-state index in [1.807, 2.05) is 6.92 Å². The summed E-state index contributed by atoms with van der Waals surface area (Å²) in [6.45, 7) is 2.09. The van der Waals surface area contributed by atoms with E-state index in [1.54, 1.807) is 7.11 Å². The predicted molar refractivity (Wildman–Crippen MR) is 64.3 cm³/mol. The first-order chi connectivity index (χ1) is 8.58. The van der Waals surface area contributed by atoms with Crippen molar-refractivity contribution in [3.8, 4) is 5.75 Å². The maximum Gasteiger partial charge on any atom is 0.342 e. The van der Waals surface area contributed by atoms with E-state index < -0.39 is 11.8 Å². The number of halogens is 1. The molecule has 0 unspecified atom stereocenters. The highest BCUT2D eigenvalue weighted by Gasteiger charge is 2.15. The van der Waals surface area contributed by atoms with Gasteiger partial charge in [-0.2, -0.15) is 0 Å². The van der Waals surface area contributed by atoms with Gasteiger partial charge in [0.2, 0.25) is 0 Å². The first kappa shape index (κ1) is 14.4. The Morgan fingerprint density at radius 1 is 1.39 bits per heavy atom. The molecular weight excluding hydrogens is 239 g/mol. The van der Waals surface area contributed by atoms with Crippen molar-refractivity contribution < 1.29 is 23.4 Å². The lowest BCUT2D eigenvalue weighted by atomic mass is 10.2. The number of hydrogen-bond acceptors (Lipinski definition) is 4. The second kappa shape index (κ2) is 6.96. The van der Waals surface area contributed by atoms with Gasteiger partial charge in [0.05, 0.1) is 19.8 Å². The molecule has 0 radical (unpaired) electrons. The summed E-state index contributed by atoms with van der Waals surface area (Å²) in [5.41, 5.74) is 0.0857. The van der Waals surface area contributed by atoms with Crippen LogP contribution in [-0.2, 0) is 9.47 Å². The van der Waals surface area contributed by atoms with Crippen LogP contribution >= 0.6 is 0 Å². The maximum absolute atomic E-state index is 13.1. The molecule has 0 aliphatic carbocycles. The number of esters is 1. The molecule has 1 aromatic rings.